The van der Waals surface area contributed by atoms with Gasteiger partial charge < -0.3 is 25.3 Å². The van der Waals surface area contributed by atoms with Crippen molar-refractivity contribution in [3.8, 4) is 0 Å². The number of allylic oxidation sites excluding steroid dienone is 2. The molecule has 9 nitrogen and oxygen atoms in total. The van der Waals surface area contributed by atoms with Crippen LogP contribution in [0.1, 0.15) is 18.1 Å². The van der Waals surface area contributed by atoms with Crippen LogP contribution >= 0.6 is 0 Å². The normalized spacial score (nSPS) is 18.1. The van der Waals surface area contributed by atoms with Crippen LogP contribution < -0.4 is 5.32 Å². The minimum absolute atomic E-state index is 0.0881. The zero-order chi connectivity index (χ0) is 22.5. The van der Waals surface area contributed by atoms with E-state index in [1.54, 1.807) is 22.0 Å². The number of carbonyl (C=O) groups is 3. The molecular formula is C22H28N4O5. The van der Waals surface area contributed by atoms with Crippen LogP contribution in [-0.4, -0.2) is 81.1 Å². The highest BCUT2D eigenvalue weighted by molar-refractivity contribution is 5.91. The average molecular weight is 428 g/mol. The molecule has 4 amide bonds. The Labute approximate surface area is 181 Å². The third-order valence-electron chi connectivity index (χ3n) is 5.57. The van der Waals surface area contributed by atoms with Crippen molar-refractivity contribution in [2.75, 3.05) is 26.2 Å². The Balaban J connectivity index is 1.46. The quantitative estimate of drug-likeness (QED) is 0.512. The first-order valence-corrected chi connectivity index (χ1v) is 10.2. The lowest BCUT2D eigenvalue weighted by atomic mass is 10.1. The van der Waals surface area contributed by atoms with Crippen LogP contribution in [0.25, 0.3) is 0 Å². The number of rotatable bonds is 8. The first-order chi connectivity index (χ1) is 14.9. The minimum atomic E-state index is -1.89. The van der Waals surface area contributed by atoms with Crippen molar-refractivity contribution in [3.05, 3.63) is 59.8 Å². The standard InChI is InChI=1S/C22H28N4O5/c1-3-17(4-2)26-12-11-24(22(26)31)10-9-23-20(29)18(27)19(28)21(30)25-13-15-7-5-6-8-16(15)14-25/h3-8,18-19,27-28H,1,9-14H2,2H3,(H,23,29)/t18-,19-/m1/s1. The highest BCUT2D eigenvalue weighted by Crippen LogP contribution is 2.23. The zero-order valence-corrected chi connectivity index (χ0v) is 17.5. The van der Waals surface area contributed by atoms with Crippen LogP contribution in [-0.2, 0) is 22.7 Å². The second-order valence-corrected chi connectivity index (χ2v) is 7.48. The van der Waals surface area contributed by atoms with Gasteiger partial charge in [-0.05, 0) is 24.1 Å². The van der Waals surface area contributed by atoms with Crippen molar-refractivity contribution >= 4 is 17.8 Å². The lowest BCUT2D eigenvalue weighted by Crippen LogP contribution is -2.50. The van der Waals surface area contributed by atoms with Crippen LogP contribution in [0.4, 0.5) is 4.79 Å². The number of nitrogens with one attached hydrogen (secondary N) is 1. The maximum absolute atomic E-state index is 12.5. The van der Waals surface area contributed by atoms with Gasteiger partial charge in [-0.15, -0.1) is 0 Å². The first kappa shape index (κ1) is 22.5. The fourth-order valence-corrected chi connectivity index (χ4v) is 3.79. The van der Waals surface area contributed by atoms with Gasteiger partial charge in [0.2, 0.25) is 0 Å². The van der Waals surface area contributed by atoms with Crippen molar-refractivity contribution in [3.63, 3.8) is 0 Å². The van der Waals surface area contributed by atoms with Crippen LogP contribution in [0, 0.1) is 0 Å². The Morgan fingerprint density at radius 1 is 1.16 bits per heavy atom. The second kappa shape index (κ2) is 9.76. The summed E-state index contributed by atoms with van der Waals surface area (Å²) in [6.07, 6.45) is -0.346. The molecule has 1 aromatic rings. The third kappa shape index (κ3) is 4.78. The summed E-state index contributed by atoms with van der Waals surface area (Å²) >= 11 is 0. The van der Waals surface area contributed by atoms with Gasteiger partial charge in [0.25, 0.3) is 11.8 Å². The van der Waals surface area contributed by atoms with E-state index < -0.39 is 24.0 Å². The molecule has 1 saturated heterocycles. The maximum atomic E-state index is 12.5. The van der Waals surface area contributed by atoms with Gasteiger partial charge in [-0.2, -0.15) is 0 Å². The second-order valence-electron chi connectivity index (χ2n) is 7.48. The van der Waals surface area contributed by atoms with E-state index in [1.807, 2.05) is 31.2 Å². The van der Waals surface area contributed by atoms with Crippen LogP contribution in [0.2, 0.25) is 0 Å². The summed E-state index contributed by atoms with van der Waals surface area (Å²) in [6.45, 7) is 7.52. The Morgan fingerprint density at radius 2 is 1.81 bits per heavy atom. The summed E-state index contributed by atoms with van der Waals surface area (Å²) in [6, 6.07) is 7.34. The molecule has 3 N–H and O–H groups in total. The minimum Gasteiger partial charge on any atom is -0.380 e. The number of carbonyl (C=O) groups excluding carboxylic acids is 3. The molecule has 3 rings (SSSR count). The van der Waals surface area contributed by atoms with Gasteiger partial charge in [-0.3, -0.25) is 14.5 Å². The molecule has 2 atom stereocenters. The molecule has 9 heteroatoms. The van der Waals surface area contributed by atoms with Gasteiger partial charge in [-0.1, -0.05) is 36.9 Å². The Morgan fingerprint density at radius 3 is 2.39 bits per heavy atom. The summed E-state index contributed by atoms with van der Waals surface area (Å²) in [5, 5.41) is 22.8. The average Bonchev–Trinajstić information content (AvgIpc) is 3.37. The van der Waals surface area contributed by atoms with Crippen molar-refractivity contribution in [2.24, 2.45) is 0 Å². The van der Waals surface area contributed by atoms with Crippen LogP contribution in [0.3, 0.4) is 0 Å². The molecule has 0 unspecified atom stereocenters. The molecule has 31 heavy (non-hydrogen) atoms. The monoisotopic (exact) mass is 428 g/mol. The summed E-state index contributed by atoms with van der Waals surface area (Å²) < 4.78 is 0. The fraction of sp³-hybridized carbons (Fsp3) is 0.409. The smallest absolute Gasteiger partial charge is 0.324 e. The number of aliphatic hydroxyl groups is 2. The Bertz CT molecular complexity index is 875. The van der Waals surface area contributed by atoms with Gasteiger partial charge in [-0.25, -0.2) is 4.79 Å². The number of amides is 4. The molecular weight excluding hydrogens is 400 g/mol. The van der Waals surface area contributed by atoms with E-state index in [-0.39, 0.29) is 19.1 Å². The third-order valence-corrected chi connectivity index (χ3v) is 5.57. The Kier molecular flexibility index (Phi) is 7.09. The predicted molar refractivity (Wildman–Crippen MR) is 113 cm³/mol. The number of fused-ring (bicyclic) bond motifs is 1. The van der Waals surface area contributed by atoms with E-state index in [2.05, 4.69) is 11.9 Å². The number of benzene rings is 1. The molecule has 2 aliphatic rings. The van der Waals surface area contributed by atoms with Gasteiger partial charge in [0.05, 0.1) is 0 Å². The number of nitrogens with zero attached hydrogens (tertiary/aromatic N) is 3. The molecule has 166 valence electrons. The van der Waals surface area contributed by atoms with E-state index >= 15 is 0 Å². The summed E-state index contributed by atoms with van der Waals surface area (Å²) in [4.78, 5) is 41.7. The van der Waals surface area contributed by atoms with Crippen molar-refractivity contribution < 1.29 is 24.6 Å². The van der Waals surface area contributed by atoms with Crippen LogP contribution in [0.5, 0.6) is 0 Å². The van der Waals surface area contributed by atoms with Crippen molar-refractivity contribution in [1.82, 2.24) is 20.0 Å². The van der Waals surface area contributed by atoms with Gasteiger partial charge in [0.15, 0.2) is 12.2 Å². The Hall–Kier alpha value is -3.17. The van der Waals surface area contributed by atoms with E-state index in [0.717, 1.165) is 16.8 Å². The molecule has 0 aliphatic carbocycles. The molecule has 0 saturated carbocycles. The van der Waals surface area contributed by atoms with E-state index in [0.29, 0.717) is 26.2 Å². The molecule has 1 fully saturated rings. The molecule has 2 heterocycles. The van der Waals surface area contributed by atoms with E-state index in [1.165, 1.54) is 4.90 Å². The number of hydrogen-bond acceptors (Lipinski definition) is 5. The summed E-state index contributed by atoms with van der Waals surface area (Å²) in [5.41, 5.74) is 2.67. The summed E-state index contributed by atoms with van der Waals surface area (Å²) in [7, 11) is 0. The van der Waals surface area contributed by atoms with Crippen molar-refractivity contribution in [1.29, 1.82) is 0 Å². The lowest BCUT2D eigenvalue weighted by Gasteiger charge is -2.23. The molecule has 0 spiro atoms. The molecule has 0 bridgehead atoms. The predicted octanol–water partition coefficient (Wildman–Crippen LogP) is 0.194. The maximum Gasteiger partial charge on any atom is 0.324 e. The largest absolute Gasteiger partial charge is 0.380 e. The van der Waals surface area contributed by atoms with E-state index in [4.69, 9.17) is 0 Å². The number of urea groups is 1. The lowest BCUT2D eigenvalue weighted by molar-refractivity contribution is -0.153. The highest BCUT2D eigenvalue weighted by Gasteiger charge is 2.35. The number of hydrogen-bond donors (Lipinski definition) is 3. The number of aliphatic hydroxyl groups excluding tert-OH is 2. The van der Waals surface area contributed by atoms with Gasteiger partial charge in [0, 0.05) is 45.0 Å². The fourth-order valence-electron chi connectivity index (χ4n) is 3.79. The molecule has 2 aliphatic heterocycles. The van der Waals surface area contributed by atoms with Crippen LogP contribution in [0.15, 0.2) is 48.7 Å². The van der Waals surface area contributed by atoms with Crippen molar-refractivity contribution in [2.45, 2.75) is 32.2 Å². The van der Waals surface area contributed by atoms with Gasteiger partial charge >= 0.3 is 6.03 Å². The first-order valence-electron chi connectivity index (χ1n) is 10.2. The zero-order valence-electron chi connectivity index (χ0n) is 17.5. The van der Waals surface area contributed by atoms with Gasteiger partial charge in [0.1, 0.15) is 0 Å². The molecule has 0 radical (unpaired) electrons. The molecule has 0 aromatic heterocycles. The topological polar surface area (TPSA) is 113 Å². The SMILES string of the molecule is C=CC(=CC)N1CCN(CCNC(=O)[C@H](O)[C@@H](O)C(=O)N2Cc3ccccc3C2)C1=O. The molecule has 1 aromatic carbocycles. The van der Waals surface area contributed by atoms with E-state index in [9.17, 15) is 24.6 Å². The highest BCUT2D eigenvalue weighted by atomic mass is 16.3. The summed E-state index contributed by atoms with van der Waals surface area (Å²) in [5.74, 6) is -1.56.